The maximum Gasteiger partial charge on any atom is 0.141 e. The van der Waals surface area contributed by atoms with Crippen LogP contribution in [-0.4, -0.2) is 28.2 Å². The highest BCUT2D eigenvalue weighted by molar-refractivity contribution is 5.90. The second-order valence-electron chi connectivity index (χ2n) is 7.31. The maximum atomic E-state index is 5.36. The first-order valence-corrected chi connectivity index (χ1v) is 8.88. The van der Waals surface area contributed by atoms with Gasteiger partial charge in [0.05, 0.1) is 11.2 Å². The second-order valence-corrected chi connectivity index (χ2v) is 7.31. The number of hydrogen-bond donors (Lipinski definition) is 0. The Morgan fingerprint density at radius 3 is 2.76 bits per heavy atom. The van der Waals surface area contributed by atoms with E-state index in [0.29, 0.717) is 0 Å². The van der Waals surface area contributed by atoms with Gasteiger partial charge >= 0.3 is 0 Å². The molecule has 0 saturated heterocycles. The summed E-state index contributed by atoms with van der Waals surface area (Å²) in [6, 6.07) is 6.77. The number of allylic oxidation sites excluding steroid dienone is 1. The fourth-order valence-electron chi connectivity index (χ4n) is 4.09. The van der Waals surface area contributed by atoms with Crippen LogP contribution in [0.1, 0.15) is 40.8 Å². The quantitative estimate of drug-likeness (QED) is 0.688. The molecule has 0 atom stereocenters. The van der Waals surface area contributed by atoms with Crippen LogP contribution in [0.5, 0.6) is 0 Å². The Kier molecular flexibility index (Phi) is 3.80. The lowest BCUT2D eigenvalue weighted by Gasteiger charge is -2.23. The van der Waals surface area contributed by atoms with Crippen LogP contribution < -0.4 is 0 Å². The molecule has 3 heterocycles. The summed E-state index contributed by atoms with van der Waals surface area (Å²) in [6.07, 6.45) is 3.33. The molecule has 0 unspecified atom stereocenters. The lowest BCUT2D eigenvalue weighted by atomic mass is 10.0. The number of hydrogen-bond acceptors (Lipinski definition) is 3. The third kappa shape index (κ3) is 2.61. The lowest BCUT2D eigenvalue weighted by molar-refractivity contribution is 0.312. The number of benzene rings is 1. The number of rotatable bonds is 2. The summed E-state index contributed by atoms with van der Waals surface area (Å²) in [5, 5.41) is 5.49. The van der Waals surface area contributed by atoms with Gasteiger partial charge in [-0.1, -0.05) is 16.8 Å². The summed E-state index contributed by atoms with van der Waals surface area (Å²) in [4.78, 5) is 2.40. The van der Waals surface area contributed by atoms with E-state index in [1.165, 1.54) is 33.3 Å². The summed E-state index contributed by atoms with van der Waals surface area (Å²) in [5.74, 6) is 0.882. The minimum absolute atomic E-state index is 0.882. The first-order chi connectivity index (χ1) is 12.0. The zero-order valence-electron chi connectivity index (χ0n) is 15.7. The van der Waals surface area contributed by atoms with Gasteiger partial charge in [-0.3, -0.25) is 0 Å². The van der Waals surface area contributed by atoms with E-state index in [9.17, 15) is 0 Å². The molecule has 1 aliphatic heterocycles. The van der Waals surface area contributed by atoms with E-state index in [-0.39, 0.29) is 0 Å². The highest BCUT2D eigenvalue weighted by Gasteiger charge is 2.22. The Balaban J connectivity index is 1.95. The average Bonchev–Trinajstić information content (AvgIpc) is 3.05. The van der Waals surface area contributed by atoms with Gasteiger partial charge in [0.2, 0.25) is 0 Å². The van der Waals surface area contributed by atoms with E-state index in [1.807, 2.05) is 13.8 Å². The van der Waals surface area contributed by atoms with Crippen molar-refractivity contribution in [3.8, 4) is 0 Å². The Hall–Kier alpha value is -2.33. The van der Waals surface area contributed by atoms with E-state index in [0.717, 1.165) is 36.5 Å². The molecule has 4 rings (SSSR count). The minimum atomic E-state index is 0.882. The Morgan fingerprint density at radius 1 is 1.24 bits per heavy atom. The van der Waals surface area contributed by atoms with E-state index < -0.39 is 0 Å². The number of aromatic nitrogens is 2. The van der Waals surface area contributed by atoms with E-state index in [2.05, 4.69) is 59.9 Å². The largest absolute Gasteiger partial charge is 0.361 e. The van der Waals surface area contributed by atoms with Crippen molar-refractivity contribution in [1.29, 1.82) is 0 Å². The maximum absolute atomic E-state index is 5.36. The molecule has 130 valence electrons. The van der Waals surface area contributed by atoms with Crippen molar-refractivity contribution in [2.45, 2.75) is 40.7 Å². The molecular formula is C21H25N3O. The van der Waals surface area contributed by atoms with Crippen molar-refractivity contribution >= 4 is 22.7 Å². The predicted molar refractivity (Wildman–Crippen MR) is 103 cm³/mol. The molecule has 3 aromatic rings. The van der Waals surface area contributed by atoms with Gasteiger partial charge in [0, 0.05) is 42.4 Å². The second kappa shape index (κ2) is 5.88. The van der Waals surface area contributed by atoms with Crippen LogP contribution >= 0.6 is 0 Å². The molecular weight excluding hydrogens is 310 g/mol. The molecule has 0 saturated carbocycles. The fraction of sp³-hybridized carbons (Fsp3) is 0.381. The SMILES string of the molecule is CC(=Cn1c2c(c3cc(C)ccc31)CN(C)CC2)c1c(C)noc1C. The Labute approximate surface area is 148 Å². The summed E-state index contributed by atoms with van der Waals surface area (Å²) in [5.41, 5.74) is 8.77. The van der Waals surface area contributed by atoms with Crippen LogP contribution in [0.4, 0.5) is 0 Å². The smallest absolute Gasteiger partial charge is 0.141 e. The van der Waals surface area contributed by atoms with Gasteiger partial charge in [-0.15, -0.1) is 0 Å². The van der Waals surface area contributed by atoms with E-state index in [1.54, 1.807) is 0 Å². The van der Waals surface area contributed by atoms with Gasteiger partial charge < -0.3 is 14.0 Å². The third-order valence-electron chi connectivity index (χ3n) is 5.28. The molecule has 0 fully saturated rings. The predicted octanol–water partition coefficient (Wildman–Crippen LogP) is 4.56. The average molecular weight is 335 g/mol. The zero-order chi connectivity index (χ0) is 17.7. The Bertz CT molecular complexity index is 971. The standard InChI is InChI=1S/C21H25N3O/c1-13-6-7-19-17(10-13)18-12-23(5)9-8-20(18)24(19)11-14(2)21-15(3)22-25-16(21)4/h6-7,10-11H,8-9,12H2,1-5H3. The van der Waals surface area contributed by atoms with Crippen molar-refractivity contribution in [3.63, 3.8) is 0 Å². The van der Waals surface area contributed by atoms with Gasteiger partial charge in [-0.2, -0.15) is 0 Å². The molecule has 0 N–H and O–H groups in total. The fourth-order valence-corrected chi connectivity index (χ4v) is 4.09. The van der Waals surface area contributed by atoms with Gasteiger partial charge in [0.1, 0.15) is 5.76 Å². The summed E-state index contributed by atoms with van der Waals surface area (Å²) in [7, 11) is 2.20. The monoisotopic (exact) mass is 335 g/mol. The zero-order valence-corrected chi connectivity index (χ0v) is 15.7. The molecule has 4 nitrogen and oxygen atoms in total. The number of aryl methyl sites for hydroxylation is 3. The highest BCUT2D eigenvalue weighted by Crippen LogP contribution is 2.33. The third-order valence-corrected chi connectivity index (χ3v) is 5.28. The molecule has 0 aliphatic carbocycles. The molecule has 25 heavy (non-hydrogen) atoms. The van der Waals surface area contributed by atoms with Gasteiger partial charge in [0.25, 0.3) is 0 Å². The van der Waals surface area contributed by atoms with Gasteiger partial charge in [-0.25, -0.2) is 0 Å². The molecule has 2 aromatic heterocycles. The van der Waals surface area contributed by atoms with Crippen molar-refractivity contribution in [2.75, 3.05) is 13.6 Å². The summed E-state index contributed by atoms with van der Waals surface area (Å²) in [6.45, 7) is 10.4. The molecule has 1 aromatic carbocycles. The van der Waals surface area contributed by atoms with Crippen LogP contribution in [0.25, 0.3) is 22.7 Å². The number of likely N-dealkylation sites (N-methyl/N-ethyl adjacent to an activating group) is 1. The molecule has 0 bridgehead atoms. The van der Waals surface area contributed by atoms with Crippen LogP contribution in [0, 0.1) is 20.8 Å². The summed E-state index contributed by atoms with van der Waals surface area (Å²) < 4.78 is 7.75. The molecule has 0 spiro atoms. The molecule has 4 heteroatoms. The van der Waals surface area contributed by atoms with Crippen molar-refractivity contribution in [1.82, 2.24) is 14.6 Å². The van der Waals surface area contributed by atoms with Gasteiger partial charge in [0.15, 0.2) is 0 Å². The van der Waals surface area contributed by atoms with Crippen LogP contribution in [0.15, 0.2) is 22.7 Å². The topological polar surface area (TPSA) is 34.2 Å². The summed E-state index contributed by atoms with van der Waals surface area (Å²) >= 11 is 0. The molecule has 1 aliphatic rings. The minimum Gasteiger partial charge on any atom is -0.361 e. The molecule has 0 radical (unpaired) electrons. The molecule has 0 amide bonds. The van der Waals surface area contributed by atoms with E-state index >= 15 is 0 Å². The number of nitrogens with zero attached hydrogens (tertiary/aromatic N) is 3. The van der Waals surface area contributed by atoms with Crippen molar-refractivity contribution in [2.24, 2.45) is 0 Å². The lowest BCUT2D eigenvalue weighted by Crippen LogP contribution is -2.26. The van der Waals surface area contributed by atoms with E-state index in [4.69, 9.17) is 4.52 Å². The first kappa shape index (κ1) is 16.2. The van der Waals surface area contributed by atoms with Crippen molar-refractivity contribution in [3.05, 3.63) is 52.0 Å². The van der Waals surface area contributed by atoms with Crippen LogP contribution in [0.2, 0.25) is 0 Å². The van der Waals surface area contributed by atoms with Crippen LogP contribution in [-0.2, 0) is 13.0 Å². The Morgan fingerprint density at radius 2 is 2.04 bits per heavy atom. The highest BCUT2D eigenvalue weighted by atomic mass is 16.5. The van der Waals surface area contributed by atoms with Gasteiger partial charge in [-0.05, 0) is 58.0 Å². The van der Waals surface area contributed by atoms with Crippen molar-refractivity contribution < 1.29 is 4.52 Å². The number of fused-ring (bicyclic) bond motifs is 3. The normalized spacial score (nSPS) is 15.8. The first-order valence-electron chi connectivity index (χ1n) is 8.88. The van der Waals surface area contributed by atoms with Crippen LogP contribution in [0.3, 0.4) is 0 Å².